The van der Waals surface area contributed by atoms with Crippen LogP contribution in [-0.4, -0.2) is 0 Å². The van der Waals surface area contributed by atoms with Gasteiger partial charge in [0, 0.05) is 26.2 Å². The van der Waals surface area contributed by atoms with E-state index in [4.69, 9.17) is 0 Å². The summed E-state index contributed by atoms with van der Waals surface area (Å²) in [4.78, 5) is 0. The Morgan fingerprint density at radius 2 is 1.30 bits per heavy atom. The molecule has 0 atom stereocenters. The van der Waals surface area contributed by atoms with Gasteiger partial charge in [0.1, 0.15) is 0 Å². The summed E-state index contributed by atoms with van der Waals surface area (Å²) in [6, 6.07) is 20.8. The fourth-order valence-electron chi connectivity index (χ4n) is 1.86. The van der Waals surface area contributed by atoms with E-state index in [-0.39, 0.29) is 48.5 Å². The molecule has 0 nitrogen and oxygen atoms in total. The van der Waals surface area contributed by atoms with Crippen molar-refractivity contribution in [2.24, 2.45) is 0 Å². The van der Waals surface area contributed by atoms with Gasteiger partial charge in [-0.3, -0.25) is 0 Å². The molecule has 0 N–H and O–H groups in total. The number of benzene rings is 1. The molecule has 0 aliphatic rings. The molecule has 3 rings (SSSR count). The molecule has 20 heavy (non-hydrogen) atoms. The molecule has 0 aliphatic carbocycles. The zero-order chi connectivity index (χ0) is 11.4. The van der Waals surface area contributed by atoms with Crippen LogP contribution >= 0.6 is 0 Å². The predicted octanol–water partition coefficient (Wildman–Crippen LogP) is 5.93. The third-order valence-corrected chi connectivity index (χ3v) is 2.80. The molecule has 3 aromatic rings. The van der Waals surface area contributed by atoms with E-state index in [0.29, 0.717) is 0 Å². The first kappa shape index (κ1) is 24.1. The smallest absolute Gasteiger partial charge is 0 e. The molecular weight excluding hydrogens is 319 g/mol. The van der Waals surface area contributed by atoms with E-state index in [9.17, 15) is 0 Å². The van der Waals surface area contributed by atoms with Gasteiger partial charge in [-0.1, -0.05) is 18.6 Å². The average Bonchev–Trinajstić information content (AvgIpc) is 2.94. The van der Waals surface area contributed by atoms with E-state index < -0.39 is 0 Å². The van der Waals surface area contributed by atoms with Crippen LogP contribution in [0.15, 0.2) is 60.7 Å². The van der Waals surface area contributed by atoms with E-state index in [1.54, 1.807) is 0 Å². The summed E-state index contributed by atoms with van der Waals surface area (Å²) in [7, 11) is 0. The van der Waals surface area contributed by atoms with Gasteiger partial charge in [0.2, 0.25) is 0 Å². The molecule has 0 amide bonds. The summed E-state index contributed by atoms with van der Waals surface area (Å²) in [5.41, 5.74) is 2.74. The molecule has 0 heterocycles. The summed E-state index contributed by atoms with van der Waals surface area (Å²) in [6.07, 6.45) is 0. The van der Waals surface area contributed by atoms with Gasteiger partial charge >= 0.3 is 0 Å². The first-order valence-corrected chi connectivity index (χ1v) is 5.57. The van der Waals surface area contributed by atoms with Crippen LogP contribution in [0.1, 0.15) is 11.1 Å². The molecule has 0 saturated heterocycles. The second kappa shape index (κ2) is 11.9. The van der Waals surface area contributed by atoms with Crippen LogP contribution in [0.2, 0.25) is 0 Å². The topological polar surface area (TPSA) is 0 Å². The van der Waals surface area contributed by atoms with Crippen molar-refractivity contribution >= 4 is 10.8 Å². The molecule has 0 aromatic heterocycles. The van der Waals surface area contributed by atoms with Crippen LogP contribution in [0.3, 0.4) is 0 Å². The number of hydrogen-bond donors (Lipinski definition) is 0. The fourth-order valence-corrected chi connectivity index (χ4v) is 1.86. The van der Waals surface area contributed by atoms with Crippen molar-refractivity contribution in [1.29, 1.82) is 0 Å². The molecular formula is C19H25Zr-5. The number of fused-ring (bicyclic) bond motifs is 1. The Balaban J connectivity index is -0.000000283. The Kier molecular flexibility index (Phi) is 14.3. The Morgan fingerprint density at radius 1 is 0.750 bits per heavy atom. The normalized spacial score (nSPS) is 7.90. The molecule has 3 aromatic carbocycles. The van der Waals surface area contributed by atoms with E-state index >= 15 is 0 Å². The Morgan fingerprint density at radius 3 is 1.75 bits per heavy atom. The van der Waals surface area contributed by atoms with Crippen molar-refractivity contribution in [2.75, 3.05) is 0 Å². The largest absolute Gasteiger partial charge is 0.358 e. The number of hydrogen-bond acceptors (Lipinski definition) is 0. The molecule has 0 saturated carbocycles. The fraction of sp³-hybridized carbons (Fsp3) is 0.105. The summed E-state index contributed by atoms with van der Waals surface area (Å²) in [5.74, 6) is 0. The molecule has 0 spiro atoms. The average molecular weight is 345 g/mol. The second-order valence-corrected chi connectivity index (χ2v) is 4.01. The van der Waals surface area contributed by atoms with Gasteiger partial charge < -0.3 is 22.3 Å². The van der Waals surface area contributed by atoms with Crippen molar-refractivity contribution < 1.29 is 26.2 Å². The van der Waals surface area contributed by atoms with Crippen molar-refractivity contribution in [3.8, 4) is 0 Å². The minimum atomic E-state index is 0. The summed E-state index contributed by atoms with van der Waals surface area (Å²) < 4.78 is 0. The van der Waals surface area contributed by atoms with Crippen molar-refractivity contribution in [3.63, 3.8) is 0 Å². The predicted molar refractivity (Wildman–Crippen MR) is 90.3 cm³/mol. The summed E-state index contributed by atoms with van der Waals surface area (Å²) in [5, 5.41) is 2.79. The van der Waals surface area contributed by atoms with Crippen LogP contribution in [0.4, 0.5) is 0 Å². The van der Waals surface area contributed by atoms with Crippen molar-refractivity contribution in [3.05, 3.63) is 94.1 Å². The van der Waals surface area contributed by atoms with Crippen LogP contribution in [0, 0.1) is 36.1 Å². The standard InChI is InChI=1S/C11H11.C5H5.3CH3.Zr/c1-8-6-7-9(2)11-5-3-4-10(8)11;1-2-4-5-3-1;;;;/h3-7H,1-2H3;1-5H;3*1H3;/q5*-1;. The first-order valence-electron chi connectivity index (χ1n) is 5.57. The number of rotatable bonds is 0. The zero-order valence-electron chi connectivity index (χ0n) is 13.3. The van der Waals surface area contributed by atoms with Crippen LogP contribution < -0.4 is 0 Å². The van der Waals surface area contributed by atoms with E-state index in [1.165, 1.54) is 21.9 Å². The zero-order valence-corrected chi connectivity index (χ0v) is 15.7. The van der Waals surface area contributed by atoms with Gasteiger partial charge in [-0.15, -0.1) is 28.5 Å². The SMILES string of the molecule is Cc1ccc(C)c2[cH-]ccc12.[CH3-].[CH3-].[CH3-].[Zr].c1cc[cH-]c1. The molecule has 0 aliphatic heterocycles. The molecule has 0 fully saturated rings. The van der Waals surface area contributed by atoms with Gasteiger partial charge in [0.05, 0.1) is 0 Å². The Hall–Kier alpha value is -0.937. The van der Waals surface area contributed by atoms with Gasteiger partial charge in [0.15, 0.2) is 0 Å². The minimum Gasteiger partial charge on any atom is -0.358 e. The Bertz CT molecular complexity index is 491. The molecule has 0 unspecified atom stereocenters. The number of aryl methyl sites for hydroxylation is 2. The van der Waals surface area contributed by atoms with Crippen LogP contribution in [-0.2, 0) is 26.2 Å². The van der Waals surface area contributed by atoms with Crippen molar-refractivity contribution in [1.82, 2.24) is 0 Å². The monoisotopic (exact) mass is 343 g/mol. The minimum absolute atomic E-state index is 0. The molecule has 1 heteroatoms. The van der Waals surface area contributed by atoms with Gasteiger partial charge in [-0.2, -0.15) is 30.3 Å². The second-order valence-electron chi connectivity index (χ2n) is 4.01. The van der Waals surface area contributed by atoms with E-state index in [0.717, 1.165) is 0 Å². The van der Waals surface area contributed by atoms with Gasteiger partial charge in [0.25, 0.3) is 0 Å². The van der Waals surface area contributed by atoms with Gasteiger partial charge in [-0.25, -0.2) is 12.1 Å². The van der Waals surface area contributed by atoms with Crippen LogP contribution in [0.5, 0.6) is 0 Å². The quantitative estimate of drug-likeness (QED) is 0.443. The maximum absolute atomic E-state index is 2.18. The summed E-state index contributed by atoms with van der Waals surface area (Å²) >= 11 is 0. The van der Waals surface area contributed by atoms with E-state index in [1.807, 2.05) is 30.3 Å². The Labute approximate surface area is 144 Å². The van der Waals surface area contributed by atoms with Crippen molar-refractivity contribution in [2.45, 2.75) is 13.8 Å². The first-order chi connectivity index (χ1) is 7.79. The maximum atomic E-state index is 2.18. The van der Waals surface area contributed by atoms with Gasteiger partial charge in [-0.05, 0) is 6.92 Å². The molecule has 0 radical (unpaired) electrons. The third-order valence-electron chi connectivity index (χ3n) is 2.80. The van der Waals surface area contributed by atoms with Crippen LogP contribution in [0.25, 0.3) is 10.8 Å². The summed E-state index contributed by atoms with van der Waals surface area (Å²) in [6.45, 7) is 4.31. The van der Waals surface area contributed by atoms with E-state index in [2.05, 4.69) is 44.2 Å². The molecule has 0 bridgehead atoms. The third kappa shape index (κ3) is 6.01. The molecule has 110 valence electrons. The maximum Gasteiger partial charge on any atom is 0 e.